The first kappa shape index (κ1) is 18.4. The summed E-state index contributed by atoms with van der Waals surface area (Å²) in [6.45, 7) is 11.0. The van der Waals surface area contributed by atoms with Crippen molar-refractivity contribution in [1.82, 2.24) is 19.8 Å². The second kappa shape index (κ2) is 8.39. The third-order valence-corrected chi connectivity index (χ3v) is 5.64. The molecule has 3 aliphatic heterocycles. The molecule has 8 heteroatoms. The largest absolute Gasteiger partial charge is 0.378 e. The van der Waals surface area contributed by atoms with Crippen molar-refractivity contribution in [2.45, 2.75) is 19.8 Å². The predicted octanol–water partition coefficient (Wildman–Crippen LogP) is 0.366. The minimum Gasteiger partial charge on any atom is -0.378 e. The molecule has 0 aliphatic carbocycles. The molecule has 8 nitrogen and oxygen atoms in total. The number of carbonyl (C=O) groups excluding carboxylic acids is 1. The van der Waals surface area contributed by atoms with Gasteiger partial charge in [-0.2, -0.15) is 4.98 Å². The summed E-state index contributed by atoms with van der Waals surface area (Å²) in [5.74, 6) is 2.11. The first-order chi connectivity index (χ1) is 13.2. The van der Waals surface area contributed by atoms with E-state index in [1.54, 1.807) is 0 Å². The first-order valence-corrected chi connectivity index (χ1v) is 10.1. The minimum atomic E-state index is 0.223. The maximum absolute atomic E-state index is 12.4. The number of morpholine rings is 1. The summed E-state index contributed by atoms with van der Waals surface area (Å²) in [6, 6.07) is 2.08. The van der Waals surface area contributed by atoms with E-state index in [1.165, 1.54) is 12.8 Å². The summed E-state index contributed by atoms with van der Waals surface area (Å²) in [5.41, 5.74) is 1.02. The van der Waals surface area contributed by atoms with Crippen LogP contribution in [0.15, 0.2) is 6.07 Å². The molecule has 0 atom stereocenters. The molecule has 27 heavy (non-hydrogen) atoms. The van der Waals surface area contributed by atoms with Crippen LogP contribution in [0.2, 0.25) is 0 Å². The van der Waals surface area contributed by atoms with Gasteiger partial charge >= 0.3 is 0 Å². The van der Waals surface area contributed by atoms with Crippen molar-refractivity contribution >= 4 is 17.7 Å². The lowest BCUT2D eigenvalue weighted by molar-refractivity contribution is -0.136. The normalized spacial score (nSPS) is 21.7. The summed E-state index contributed by atoms with van der Waals surface area (Å²) in [5, 5.41) is 0. The molecule has 1 amide bonds. The van der Waals surface area contributed by atoms with Crippen LogP contribution in [0.5, 0.6) is 0 Å². The maximum Gasteiger partial charge on any atom is 0.236 e. The summed E-state index contributed by atoms with van der Waals surface area (Å²) in [7, 11) is 0. The number of nitrogens with zero attached hydrogens (tertiary/aromatic N) is 6. The van der Waals surface area contributed by atoms with Crippen LogP contribution < -0.4 is 9.80 Å². The Morgan fingerprint density at radius 3 is 2.37 bits per heavy atom. The van der Waals surface area contributed by atoms with Crippen molar-refractivity contribution in [3.8, 4) is 0 Å². The van der Waals surface area contributed by atoms with E-state index in [4.69, 9.17) is 9.72 Å². The van der Waals surface area contributed by atoms with E-state index in [2.05, 4.69) is 25.8 Å². The van der Waals surface area contributed by atoms with Gasteiger partial charge in [-0.15, -0.1) is 0 Å². The van der Waals surface area contributed by atoms with E-state index in [9.17, 15) is 4.79 Å². The topological polar surface area (TPSA) is 65.0 Å². The number of piperazine rings is 1. The minimum absolute atomic E-state index is 0.223. The number of hydrogen-bond donors (Lipinski definition) is 0. The van der Waals surface area contributed by atoms with Crippen LogP contribution in [0.3, 0.4) is 0 Å². The van der Waals surface area contributed by atoms with Crippen molar-refractivity contribution in [1.29, 1.82) is 0 Å². The van der Waals surface area contributed by atoms with Gasteiger partial charge in [0.15, 0.2) is 0 Å². The zero-order valence-electron chi connectivity index (χ0n) is 16.3. The van der Waals surface area contributed by atoms with Crippen molar-refractivity contribution in [2.75, 3.05) is 81.9 Å². The molecule has 0 unspecified atom stereocenters. The summed E-state index contributed by atoms with van der Waals surface area (Å²) >= 11 is 0. The van der Waals surface area contributed by atoms with E-state index in [1.807, 2.05) is 11.8 Å². The van der Waals surface area contributed by atoms with Crippen LogP contribution in [0, 0.1) is 6.92 Å². The van der Waals surface area contributed by atoms with Gasteiger partial charge in [0.05, 0.1) is 19.8 Å². The molecule has 148 valence electrons. The van der Waals surface area contributed by atoms with E-state index in [0.29, 0.717) is 19.8 Å². The molecule has 0 spiro atoms. The van der Waals surface area contributed by atoms with Crippen LogP contribution in [0.4, 0.5) is 11.8 Å². The van der Waals surface area contributed by atoms with Gasteiger partial charge in [0.1, 0.15) is 5.82 Å². The Labute approximate surface area is 161 Å². The molecule has 0 N–H and O–H groups in total. The highest BCUT2D eigenvalue weighted by atomic mass is 16.5. The van der Waals surface area contributed by atoms with Crippen molar-refractivity contribution in [3.05, 3.63) is 11.8 Å². The van der Waals surface area contributed by atoms with Gasteiger partial charge in [0, 0.05) is 64.1 Å². The molecular weight excluding hydrogens is 344 g/mol. The van der Waals surface area contributed by atoms with Crippen molar-refractivity contribution in [2.24, 2.45) is 0 Å². The highest BCUT2D eigenvalue weighted by Gasteiger charge is 2.24. The quantitative estimate of drug-likeness (QED) is 0.754. The Hall–Kier alpha value is -1.93. The number of amides is 1. The summed E-state index contributed by atoms with van der Waals surface area (Å²) < 4.78 is 5.33. The number of anilines is 2. The van der Waals surface area contributed by atoms with E-state index < -0.39 is 0 Å². The summed E-state index contributed by atoms with van der Waals surface area (Å²) in [6.07, 6.45) is 2.45. The molecular formula is C19H30N6O2. The average molecular weight is 374 g/mol. The number of ether oxygens (including phenoxy) is 1. The van der Waals surface area contributed by atoms with Crippen LogP contribution in [-0.2, 0) is 9.53 Å². The van der Waals surface area contributed by atoms with Crippen LogP contribution in [0.25, 0.3) is 0 Å². The molecule has 0 aromatic carbocycles. The highest BCUT2D eigenvalue weighted by Crippen LogP contribution is 2.21. The van der Waals surface area contributed by atoms with Gasteiger partial charge in [0.2, 0.25) is 11.9 Å². The van der Waals surface area contributed by atoms with Gasteiger partial charge in [0.25, 0.3) is 0 Å². The van der Waals surface area contributed by atoms with Gasteiger partial charge in [-0.3, -0.25) is 9.69 Å². The number of carbonyl (C=O) groups is 1. The molecule has 4 heterocycles. The lowest BCUT2D eigenvalue weighted by atomic mass is 10.3. The molecule has 4 rings (SSSR count). The van der Waals surface area contributed by atoms with Gasteiger partial charge < -0.3 is 19.4 Å². The molecule has 0 radical (unpaired) electrons. The Balaban J connectivity index is 1.33. The van der Waals surface area contributed by atoms with Crippen LogP contribution >= 0.6 is 0 Å². The fourth-order valence-corrected chi connectivity index (χ4v) is 4.00. The van der Waals surface area contributed by atoms with Gasteiger partial charge in [-0.05, 0) is 19.8 Å². The zero-order valence-corrected chi connectivity index (χ0v) is 16.3. The standard InChI is InChI=1S/C19H30N6O2/c1-16-14-17(21-19(20-16)25-4-2-3-5-25)23-8-6-22(7-9-23)15-18(26)24-10-12-27-13-11-24/h14H,2-13,15H2,1H3. The first-order valence-electron chi connectivity index (χ1n) is 10.1. The Kier molecular flexibility index (Phi) is 5.73. The molecule has 3 aliphatic rings. The second-order valence-corrected chi connectivity index (χ2v) is 7.62. The molecule has 3 saturated heterocycles. The maximum atomic E-state index is 12.4. The SMILES string of the molecule is Cc1cc(N2CCN(CC(=O)N3CCOCC3)CC2)nc(N2CCCC2)n1. The third-order valence-electron chi connectivity index (χ3n) is 5.64. The molecule has 3 fully saturated rings. The van der Waals surface area contributed by atoms with Crippen LogP contribution in [-0.4, -0.2) is 97.8 Å². The van der Waals surface area contributed by atoms with Crippen molar-refractivity contribution in [3.63, 3.8) is 0 Å². The Morgan fingerprint density at radius 2 is 1.67 bits per heavy atom. The fraction of sp³-hybridized carbons (Fsp3) is 0.737. The average Bonchev–Trinajstić information content (AvgIpc) is 3.24. The number of rotatable bonds is 4. The zero-order chi connectivity index (χ0) is 18.6. The summed E-state index contributed by atoms with van der Waals surface area (Å²) in [4.78, 5) is 30.7. The Bertz CT molecular complexity index is 650. The smallest absolute Gasteiger partial charge is 0.236 e. The van der Waals surface area contributed by atoms with Crippen molar-refractivity contribution < 1.29 is 9.53 Å². The lowest BCUT2D eigenvalue weighted by Gasteiger charge is -2.36. The third kappa shape index (κ3) is 4.50. The number of hydrogen-bond acceptors (Lipinski definition) is 7. The number of aromatic nitrogens is 2. The second-order valence-electron chi connectivity index (χ2n) is 7.62. The monoisotopic (exact) mass is 374 g/mol. The van der Waals surface area contributed by atoms with Gasteiger partial charge in [-0.1, -0.05) is 0 Å². The van der Waals surface area contributed by atoms with E-state index in [0.717, 1.165) is 69.8 Å². The molecule has 1 aromatic rings. The van der Waals surface area contributed by atoms with Crippen LogP contribution in [0.1, 0.15) is 18.5 Å². The Morgan fingerprint density at radius 1 is 0.963 bits per heavy atom. The molecule has 0 bridgehead atoms. The highest BCUT2D eigenvalue weighted by molar-refractivity contribution is 5.78. The predicted molar refractivity (Wildman–Crippen MR) is 104 cm³/mol. The fourth-order valence-electron chi connectivity index (χ4n) is 4.00. The van der Waals surface area contributed by atoms with E-state index in [-0.39, 0.29) is 5.91 Å². The molecule has 0 saturated carbocycles. The van der Waals surface area contributed by atoms with E-state index >= 15 is 0 Å². The van der Waals surface area contributed by atoms with Gasteiger partial charge in [-0.25, -0.2) is 4.98 Å². The lowest BCUT2D eigenvalue weighted by Crippen LogP contribution is -2.51. The number of aryl methyl sites for hydroxylation is 1. The molecule has 1 aromatic heterocycles.